The number of methoxy groups -OCH3 is 1. The number of halogens is 1. The highest BCUT2D eigenvalue weighted by Crippen LogP contribution is 2.32. The first-order chi connectivity index (χ1) is 15.7. The monoisotopic (exact) mass is 441 g/mol. The minimum atomic E-state index is -1.01. The van der Waals surface area contributed by atoms with Crippen molar-refractivity contribution in [1.29, 1.82) is 0 Å². The van der Waals surface area contributed by atoms with Gasteiger partial charge in [-0.05, 0) is 44.5 Å². The lowest BCUT2D eigenvalue weighted by Crippen LogP contribution is -2.35. The molecule has 0 radical (unpaired) electrons. The number of hydrogen-bond donors (Lipinski definition) is 1. The molecule has 4 rings (SSSR count). The third kappa shape index (κ3) is 5.23. The van der Waals surface area contributed by atoms with Crippen LogP contribution in [-0.4, -0.2) is 59.0 Å². The molecular formula is C23H28FN5O3. The number of imidazole rings is 1. The molecule has 1 aliphatic carbocycles. The fourth-order valence-corrected chi connectivity index (χ4v) is 3.89. The van der Waals surface area contributed by atoms with Crippen LogP contribution in [-0.2, 0) is 4.74 Å². The predicted molar refractivity (Wildman–Crippen MR) is 118 cm³/mol. The van der Waals surface area contributed by atoms with Crippen LogP contribution in [0.3, 0.4) is 0 Å². The second kappa shape index (κ2) is 10.5. The molecule has 1 fully saturated rings. The molecule has 2 unspecified atom stereocenters. The number of ether oxygens (including phenoxy) is 3. The molecule has 1 aliphatic rings. The van der Waals surface area contributed by atoms with Gasteiger partial charge in [0.15, 0.2) is 6.79 Å². The van der Waals surface area contributed by atoms with Gasteiger partial charge in [-0.2, -0.15) is 0 Å². The quantitative estimate of drug-likeness (QED) is 0.423. The summed E-state index contributed by atoms with van der Waals surface area (Å²) in [7, 11) is 3.46. The molecule has 0 spiro atoms. The van der Waals surface area contributed by atoms with Crippen LogP contribution >= 0.6 is 0 Å². The van der Waals surface area contributed by atoms with Crippen LogP contribution in [0.15, 0.2) is 49.1 Å². The van der Waals surface area contributed by atoms with E-state index >= 15 is 0 Å². The summed E-state index contributed by atoms with van der Waals surface area (Å²) in [5.41, 5.74) is 2.27. The van der Waals surface area contributed by atoms with E-state index < -0.39 is 12.3 Å². The van der Waals surface area contributed by atoms with Gasteiger partial charge < -0.3 is 24.1 Å². The van der Waals surface area contributed by atoms with E-state index in [0.29, 0.717) is 30.2 Å². The van der Waals surface area contributed by atoms with E-state index in [0.717, 1.165) is 24.1 Å². The van der Waals surface area contributed by atoms with Gasteiger partial charge >= 0.3 is 0 Å². The number of benzene rings is 1. The molecule has 3 atom stereocenters. The second-order valence-corrected chi connectivity index (χ2v) is 7.78. The Morgan fingerprint density at radius 2 is 2.09 bits per heavy atom. The molecule has 2 aromatic heterocycles. The van der Waals surface area contributed by atoms with E-state index in [9.17, 15) is 4.39 Å². The summed E-state index contributed by atoms with van der Waals surface area (Å²) in [5.74, 6) is 0.915. The molecule has 1 aromatic carbocycles. The standard InChI is InChI=1S/C23H28FN5O3/c1-25-16-4-3-5-19(24)22(12-16)32-23-9-8-20(27-28-23)18-7-6-17(29-11-10-26-14-29)13-21(18)31-15-30-2/h6-11,13-14,16,19,22,25H,3-5,12,15H2,1-2H3/t16?,19?,22-/m0/s1. The molecule has 2 heterocycles. The summed E-state index contributed by atoms with van der Waals surface area (Å²) < 4.78 is 33.1. The van der Waals surface area contributed by atoms with Crippen molar-refractivity contribution >= 4 is 0 Å². The number of nitrogens with one attached hydrogen (secondary N) is 1. The third-order valence-corrected chi connectivity index (χ3v) is 5.65. The van der Waals surface area contributed by atoms with Crippen LogP contribution in [0.4, 0.5) is 4.39 Å². The van der Waals surface area contributed by atoms with E-state index in [1.54, 1.807) is 31.8 Å². The van der Waals surface area contributed by atoms with Gasteiger partial charge in [0.1, 0.15) is 18.0 Å². The first-order valence-electron chi connectivity index (χ1n) is 10.7. The minimum Gasteiger partial charge on any atom is -0.470 e. The summed E-state index contributed by atoms with van der Waals surface area (Å²) in [6.07, 6.45) is 6.62. The lowest BCUT2D eigenvalue weighted by molar-refractivity contribution is 0.0515. The maximum Gasteiger partial charge on any atom is 0.233 e. The van der Waals surface area contributed by atoms with Gasteiger partial charge in [0.05, 0.1) is 17.7 Å². The first kappa shape index (κ1) is 22.2. The highest BCUT2D eigenvalue weighted by atomic mass is 19.1. The molecule has 8 nitrogen and oxygen atoms in total. The van der Waals surface area contributed by atoms with Crippen molar-refractivity contribution in [3.8, 4) is 28.6 Å². The maximum absolute atomic E-state index is 14.5. The SMILES string of the molecule is CNC1CCCC(F)[C@@H](Oc2ccc(-c3ccc(-n4ccnc4)cc3OCOC)nn2)C1. The smallest absolute Gasteiger partial charge is 0.233 e. The van der Waals surface area contributed by atoms with Gasteiger partial charge in [0, 0.05) is 49.7 Å². The van der Waals surface area contributed by atoms with E-state index in [-0.39, 0.29) is 12.8 Å². The lowest BCUT2D eigenvalue weighted by Gasteiger charge is -2.22. The average Bonchev–Trinajstić information content (AvgIpc) is 3.30. The number of hydrogen-bond acceptors (Lipinski definition) is 7. The van der Waals surface area contributed by atoms with E-state index in [1.165, 1.54) is 0 Å². The van der Waals surface area contributed by atoms with Gasteiger partial charge in [-0.25, -0.2) is 9.37 Å². The summed E-state index contributed by atoms with van der Waals surface area (Å²) in [6, 6.07) is 9.50. The molecule has 1 saturated carbocycles. The Hall–Kier alpha value is -3.04. The van der Waals surface area contributed by atoms with Crippen LogP contribution in [0, 0.1) is 0 Å². The van der Waals surface area contributed by atoms with E-state index in [2.05, 4.69) is 20.5 Å². The summed E-state index contributed by atoms with van der Waals surface area (Å²) in [5, 5.41) is 11.7. The molecule has 0 saturated heterocycles. The lowest BCUT2D eigenvalue weighted by atomic mass is 10.1. The number of rotatable bonds is 8. The number of alkyl halides is 1. The molecule has 170 valence electrons. The zero-order valence-corrected chi connectivity index (χ0v) is 18.3. The van der Waals surface area contributed by atoms with Crippen molar-refractivity contribution in [1.82, 2.24) is 25.1 Å². The molecule has 1 N–H and O–H groups in total. The van der Waals surface area contributed by atoms with Crippen molar-refractivity contribution in [3.05, 3.63) is 49.1 Å². The van der Waals surface area contributed by atoms with Crippen LogP contribution in [0.25, 0.3) is 16.9 Å². The highest BCUT2D eigenvalue weighted by Gasteiger charge is 2.29. The predicted octanol–water partition coefficient (Wildman–Crippen LogP) is 3.56. The Labute approximate surface area is 186 Å². The highest BCUT2D eigenvalue weighted by molar-refractivity contribution is 5.69. The minimum absolute atomic E-state index is 0.0984. The Balaban J connectivity index is 1.54. The molecule has 9 heteroatoms. The molecular weight excluding hydrogens is 413 g/mol. The first-order valence-corrected chi connectivity index (χ1v) is 10.7. The van der Waals surface area contributed by atoms with Crippen molar-refractivity contribution < 1.29 is 18.6 Å². The van der Waals surface area contributed by atoms with E-state index in [4.69, 9.17) is 14.2 Å². The van der Waals surface area contributed by atoms with Crippen molar-refractivity contribution in [2.75, 3.05) is 21.0 Å². The van der Waals surface area contributed by atoms with Gasteiger partial charge in [-0.1, -0.05) is 0 Å². The van der Waals surface area contributed by atoms with Crippen LogP contribution < -0.4 is 14.8 Å². The van der Waals surface area contributed by atoms with Crippen LogP contribution in [0.2, 0.25) is 0 Å². The van der Waals surface area contributed by atoms with Crippen molar-refractivity contribution in [2.24, 2.45) is 0 Å². The third-order valence-electron chi connectivity index (χ3n) is 5.65. The molecule has 0 amide bonds. The van der Waals surface area contributed by atoms with Gasteiger partial charge in [0.2, 0.25) is 5.88 Å². The summed E-state index contributed by atoms with van der Waals surface area (Å²) >= 11 is 0. The zero-order valence-electron chi connectivity index (χ0n) is 18.3. The topological polar surface area (TPSA) is 83.3 Å². The fraction of sp³-hybridized carbons (Fsp3) is 0.435. The van der Waals surface area contributed by atoms with E-state index in [1.807, 2.05) is 36.0 Å². The van der Waals surface area contributed by atoms with Crippen molar-refractivity contribution in [2.45, 2.75) is 44.0 Å². The summed E-state index contributed by atoms with van der Waals surface area (Å²) in [6.45, 7) is 0.0984. The molecule has 0 bridgehead atoms. The zero-order chi connectivity index (χ0) is 22.3. The Kier molecular flexibility index (Phi) is 7.28. The number of nitrogens with zero attached hydrogens (tertiary/aromatic N) is 4. The van der Waals surface area contributed by atoms with Gasteiger partial charge in [-0.15, -0.1) is 10.2 Å². The summed E-state index contributed by atoms with van der Waals surface area (Å²) in [4.78, 5) is 4.08. The van der Waals surface area contributed by atoms with Crippen LogP contribution in [0.5, 0.6) is 11.6 Å². The maximum atomic E-state index is 14.5. The average molecular weight is 442 g/mol. The second-order valence-electron chi connectivity index (χ2n) is 7.78. The van der Waals surface area contributed by atoms with Crippen molar-refractivity contribution in [3.63, 3.8) is 0 Å². The Morgan fingerprint density at radius 1 is 1.19 bits per heavy atom. The largest absolute Gasteiger partial charge is 0.470 e. The molecule has 0 aliphatic heterocycles. The molecule has 3 aromatic rings. The van der Waals surface area contributed by atoms with Gasteiger partial charge in [0.25, 0.3) is 0 Å². The fourth-order valence-electron chi connectivity index (χ4n) is 3.89. The van der Waals surface area contributed by atoms with Crippen LogP contribution in [0.1, 0.15) is 25.7 Å². The Morgan fingerprint density at radius 3 is 2.81 bits per heavy atom. The number of aromatic nitrogens is 4. The van der Waals surface area contributed by atoms with Gasteiger partial charge in [-0.3, -0.25) is 0 Å². The normalized spacial score (nSPS) is 21.2. The Bertz CT molecular complexity index is 984. The molecule has 32 heavy (non-hydrogen) atoms.